The molecule has 0 N–H and O–H groups in total. The molecule has 0 saturated carbocycles. The molecule has 0 aliphatic rings. The molecule has 0 unspecified atom stereocenters. The maximum absolute atomic E-state index is 5.54. The predicted molar refractivity (Wildman–Crippen MR) is 52.3 cm³/mol. The Morgan fingerprint density at radius 1 is 1.67 bits per heavy atom. The fourth-order valence-corrected chi connectivity index (χ4v) is 1.12. The number of allylic oxidation sites excluding steroid dienone is 1. The SMILES string of the molecule is CCn1ccnc1C=CCCCl. The molecule has 3 heteroatoms. The standard InChI is InChI=1S/C9H13ClN2/c1-2-12-8-7-11-9(12)5-3-4-6-10/h3,5,7-8H,2,4,6H2,1H3. The van der Waals surface area contributed by atoms with Gasteiger partial charge in [0.2, 0.25) is 0 Å². The number of imidazole rings is 1. The van der Waals surface area contributed by atoms with Crippen LogP contribution in [0.4, 0.5) is 0 Å². The smallest absolute Gasteiger partial charge is 0.132 e. The zero-order chi connectivity index (χ0) is 8.81. The van der Waals surface area contributed by atoms with E-state index in [1.165, 1.54) is 0 Å². The van der Waals surface area contributed by atoms with Crippen LogP contribution in [0.25, 0.3) is 6.08 Å². The minimum Gasteiger partial charge on any atom is -0.332 e. The van der Waals surface area contributed by atoms with E-state index >= 15 is 0 Å². The third-order valence-electron chi connectivity index (χ3n) is 1.63. The molecule has 2 nitrogen and oxygen atoms in total. The maximum Gasteiger partial charge on any atom is 0.132 e. The molecule has 12 heavy (non-hydrogen) atoms. The second-order valence-corrected chi connectivity index (χ2v) is 2.83. The topological polar surface area (TPSA) is 17.8 Å². The van der Waals surface area contributed by atoms with Crippen LogP contribution in [0.5, 0.6) is 0 Å². The van der Waals surface area contributed by atoms with Crippen LogP contribution in [0.3, 0.4) is 0 Å². The lowest BCUT2D eigenvalue weighted by atomic mass is 10.4. The number of halogens is 1. The van der Waals surface area contributed by atoms with Crippen molar-refractivity contribution in [3.63, 3.8) is 0 Å². The number of alkyl halides is 1. The first-order valence-electron chi connectivity index (χ1n) is 4.12. The van der Waals surface area contributed by atoms with Crippen LogP contribution >= 0.6 is 11.6 Å². The van der Waals surface area contributed by atoms with Crippen LogP contribution in [0.2, 0.25) is 0 Å². The van der Waals surface area contributed by atoms with Crippen molar-refractivity contribution in [3.8, 4) is 0 Å². The van der Waals surface area contributed by atoms with E-state index in [2.05, 4.69) is 16.5 Å². The van der Waals surface area contributed by atoms with Gasteiger partial charge in [0.25, 0.3) is 0 Å². The molecule has 1 heterocycles. The van der Waals surface area contributed by atoms with E-state index in [0.29, 0.717) is 5.88 Å². The molecule has 1 rings (SSSR count). The Morgan fingerprint density at radius 3 is 3.17 bits per heavy atom. The highest BCUT2D eigenvalue weighted by atomic mass is 35.5. The zero-order valence-electron chi connectivity index (χ0n) is 7.20. The monoisotopic (exact) mass is 184 g/mol. The summed E-state index contributed by atoms with van der Waals surface area (Å²) in [6, 6.07) is 0. The van der Waals surface area contributed by atoms with E-state index in [0.717, 1.165) is 18.8 Å². The van der Waals surface area contributed by atoms with Crippen LogP contribution in [-0.2, 0) is 6.54 Å². The van der Waals surface area contributed by atoms with E-state index in [4.69, 9.17) is 11.6 Å². The van der Waals surface area contributed by atoms with Gasteiger partial charge >= 0.3 is 0 Å². The summed E-state index contributed by atoms with van der Waals surface area (Å²) >= 11 is 5.54. The van der Waals surface area contributed by atoms with Crippen molar-refractivity contribution in [3.05, 3.63) is 24.3 Å². The van der Waals surface area contributed by atoms with Crippen LogP contribution in [0, 0.1) is 0 Å². The van der Waals surface area contributed by atoms with Gasteiger partial charge in [-0.15, -0.1) is 11.6 Å². The molecule has 1 aromatic heterocycles. The number of hydrogen-bond donors (Lipinski definition) is 0. The van der Waals surface area contributed by atoms with Gasteiger partial charge in [0, 0.05) is 24.8 Å². The van der Waals surface area contributed by atoms with Gasteiger partial charge in [-0.2, -0.15) is 0 Å². The molecule has 0 spiro atoms. The lowest BCUT2D eigenvalue weighted by Crippen LogP contribution is -1.94. The third-order valence-corrected chi connectivity index (χ3v) is 1.85. The van der Waals surface area contributed by atoms with Crippen molar-refractivity contribution in [2.45, 2.75) is 19.9 Å². The Hall–Kier alpha value is -0.760. The van der Waals surface area contributed by atoms with Crippen LogP contribution in [-0.4, -0.2) is 15.4 Å². The van der Waals surface area contributed by atoms with Gasteiger partial charge in [0.05, 0.1) is 0 Å². The van der Waals surface area contributed by atoms with E-state index in [-0.39, 0.29) is 0 Å². The summed E-state index contributed by atoms with van der Waals surface area (Å²) in [5.74, 6) is 1.67. The fourth-order valence-electron chi connectivity index (χ4n) is 0.999. The number of aryl methyl sites for hydroxylation is 1. The lowest BCUT2D eigenvalue weighted by Gasteiger charge is -1.97. The van der Waals surface area contributed by atoms with Gasteiger partial charge in [-0.3, -0.25) is 0 Å². The highest BCUT2D eigenvalue weighted by Crippen LogP contribution is 2.01. The maximum atomic E-state index is 5.54. The van der Waals surface area contributed by atoms with Crippen molar-refractivity contribution in [1.82, 2.24) is 9.55 Å². The van der Waals surface area contributed by atoms with E-state index < -0.39 is 0 Å². The number of nitrogens with zero attached hydrogens (tertiary/aromatic N) is 2. The lowest BCUT2D eigenvalue weighted by molar-refractivity contribution is 0.752. The van der Waals surface area contributed by atoms with Gasteiger partial charge in [0.1, 0.15) is 5.82 Å². The Bertz CT molecular complexity index is 253. The van der Waals surface area contributed by atoms with Crippen molar-refractivity contribution < 1.29 is 0 Å². The minimum atomic E-state index is 0.670. The molecule has 1 aromatic rings. The molecule has 0 bridgehead atoms. The van der Waals surface area contributed by atoms with Crippen LogP contribution in [0.15, 0.2) is 18.5 Å². The van der Waals surface area contributed by atoms with Gasteiger partial charge < -0.3 is 4.57 Å². The summed E-state index contributed by atoms with van der Waals surface area (Å²) in [6.07, 6.45) is 8.73. The number of aromatic nitrogens is 2. The summed E-state index contributed by atoms with van der Waals surface area (Å²) in [5, 5.41) is 0. The summed E-state index contributed by atoms with van der Waals surface area (Å²) in [7, 11) is 0. The largest absolute Gasteiger partial charge is 0.332 e. The van der Waals surface area contributed by atoms with Crippen molar-refractivity contribution >= 4 is 17.7 Å². The molecule has 0 amide bonds. The second-order valence-electron chi connectivity index (χ2n) is 2.45. The molecule has 0 atom stereocenters. The van der Waals surface area contributed by atoms with Gasteiger partial charge in [-0.25, -0.2) is 4.98 Å². The van der Waals surface area contributed by atoms with Gasteiger partial charge in [0.15, 0.2) is 0 Å². The molecule has 0 aromatic carbocycles. The Labute approximate surface area is 77.9 Å². The Balaban J connectivity index is 2.61. The molecule has 0 radical (unpaired) electrons. The Morgan fingerprint density at radius 2 is 2.50 bits per heavy atom. The van der Waals surface area contributed by atoms with E-state index in [9.17, 15) is 0 Å². The van der Waals surface area contributed by atoms with Gasteiger partial charge in [-0.05, 0) is 19.4 Å². The van der Waals surface area contributed by atoms with Crippen LogP contribution in [0.1, 0.15) is 19.2 Å². The third kappa shape index (κ3) is 2.38. The first kappa shape index (κ1) is 9.33. The first-order chi connectivity index (χ1) is 5.88. The molecule has 0 fully saturated rings. The molecular formula is C9H13ClN2. The molecule has 0 aliphatic heterocycles. The summed E-state index contributed by atoms with van der Waals surface area (Å²) < 4.78 is 2.09. The summed E-state index contributed by atoms with van der Waals surface area (Å²) in [4.78, 5) is 4.19. The summed E-state index contributed by atoms with van der Waals surface area (Å²) in [6.45, 7) is 3.06. The van der Waals surface area contributed by atoms with E-state index in [1.54, 1.807) is 0 Å². The van der Waals surface area contributed by atoms with Crippen molar-refractivity contribution in [2.24, 2.45) is 0 Å². The van der Waals surface area contributed by atoms with Crippen molar-refractivity contribution in [1.29, 1.82) is 0 Å². The van der Waals surface area contributed by atoms with E-state index in [1.807, 2.05) is 24.5 Å². The summed E-state index contributed by atoms with van der Waals surface area (Å²) in [5.41, 5.74) is 0. The highest BCUT2D eigenvalue weighted by molar-refractivity contribution is 6.17. The Kier molecular flexibility index (Phi) is 3.88. The van der Waals surface area contributed by atoms with Crippen LogP contribution < -0.4 is 0 Å². The number of hydrogen-bond acceptors (Lipinski definition) is 1. The normalized spacial score (nSPS) is 11.2. The average Bonchev–Trinajstić information content (AvgIpc) is 2.52. The quantitative estimate of drug-likeness (QED) is 0.658. The predicted octanol–water partition coefficient (Wildman–Crippen LogP) is 2.55. The zero-order valence-corrected chi connectivity index (χ0v) is 7.96. The van der Waals surface area contributed by atoms with Gasteiger partial charge in [-0.1, -0.05) is 6.08 Å². The fraction of sp³-hybridized carbons (Fsp3) is 0.444. The molecule has 0 aliphatic carbocycles. The minimum absolute atomic E-state index is 0.670. The molecule has 66 valence electrons. The first-order valence-corrected chi connectivity index (χ1v) is 4.65. The number of rotatable bonds is 4. The average molecular weight is 185 g/mol. The molecule has 0 saturated heterocycles. The highest BCUT2D eigenvalue weighted by Gasteiger charge is 1.93. The second kappa shape index (κ2) is 4.99. The molecular weight excluding hydrogens is 172 g/mol. The van der Waals surface area contributed by atoms with Crippen molar-refractivity contribution in [2.75, 3.05) is 5.88 Å².